The minimum absolute atomic E-state index is 0.0374. The Morgan fingerprint density at radius 3 is 1.96 bits per heavy atom. The van der Waals surface area contributed by atoms with Gasteiger partial charge in [-0.2, -0.15) is 0 Å². The first-order chi connectivity index (χ1) is 11.2. The van der Waals surface area contributed by atoms with E-state index in [1.807, 2.05) is 0 Å². The zero-order valence-corrected chi connectivity index (χ0v) is 15.0. The number of halogens is 1. The first-order valence-electron chi connectivity index (χ1n) is 9.45. The Balaban J connectivity index is 1.44. The molecule has 8 aliphatic rings. The van der Waals surface area contributed by atoms with E-state index >= 15 is 0 Å². The van der Waals surface area contributed by atoms with Gasteiger partial charge in [-0.05, 0) is 30.1 Å². The fraction of sp³-hybridized carbons (Fsp3) is 1.00. The lowest BCUT2D eigenvalue weighted by molar-refractivity contribution is -0.300. The molecule has 0 radical (unpaired) electrons. The van der Waals surface area contributed by atoms with Crippen molar-refractivity contribution in [1.82, 2.24) is 0 Å². The van der Waals surface area contributed by atoms with Crippen LogP contribution < -0.4 is 0 Å². The average molecular weight is 383 g/mol. The Labute approximate surface area is 144 Å². The van der Waals surface area contributed by atoms with Crippen molar-refractivity contribution in [3.63, 3.8) is 0 Å². The lowest BCUT2D eigenvalue weighted by Crippen LogP contribution is -2.75. The van der Waals surface area contributed by atoms with Gasteiger partial charge in [-0.1, -0.05) is 35.7 Å². The second-order valence-electron chi connectivity index (χ2n) is 8.80. The third kappa shape index (κ3) is 0.898. The van der Waals surface area contributed by atoms with Crippen molar-refractivity contribution in [2.45, 2.75) is 42.1 Å². The van der Waals surface area contributed by atoms with Crippen LogP contribution in [-0.4, -0.2) is 42.3 Å². The summed E-state index contributed by atoms with van der Waals surface area (Å²) in [5, 5.41) is 0. The van der Waals surface area contributed by atoms with Crippen molar-refractivity contribution in [2.75, 3.05) is 26.4 Å². The van der Waals surface area contributed by atoms with Crippen molar-refractivity contribution in [2.24, 2.45) is 40.9 Å². The molecule has 23 heavy (non-hydrogen) atoms. The van der Waals surface area contributed by atoms with E-state index in [-0.39, 0.29) is 21.3 Å². The summed E-state index contributed by atoms with van der Waals surface area (Å²) in [6.07, 6.45) is 3.79. The fourth-order valence-corrected chi connectivity index (χ4v) is 10.7. The molecule has 0 aromatic rings. The highest BCUT2D eigenvalue weighted by Crippen LogP contribution is 3.01. The summed E-state index contributed by atoms with van der Waals surface area (Å²) in [5.74, 6) is 3.01. The van der Waals surface area contributed by atoms with Crippen molar-refractivity contribution < 1.29 is 18.9 Å². The molecule has 2 aliphatic heterocycles. The molecule has 2 saturated heterocycles. The normalized spacial score (nSPS) is 63.4. The standard InChI is InChI=1S/C18H23BrO4/c1-2-3-4-15-9-11-10(15)13-14(17(15)20-5-6-21-17)12(9)16(11,19)18(13)22-7-8-23-18/h9-14H,2-8H2,1H3/t9-,10+,11-,12+,13+,14-,15+,16+/m1/s1. The second-order valence-corrected chi connectivity index (χ2v) is 10.1. The molecular formula is C18H23BrO4. The Hall–Kier alpha value is 0.320. The number of alkyl halides is 1. The average Bonchev–Trinajstić information content (AvgIpc) is 3.31. The van der Waals surface area contributed by atoms with Gasteiger partial charge in [-0.3, -0.25) is 0 Å². The van der Waals surface area contributed by atoms with E-state index in [4.69, 9.17) is 18.9 Å². The van der Waals surface area contributed by atoms with Gasteiger partial charge in [-0.25, -0.2) is 0 Å². The van der Waals surface area contributed by atoms with Gasteiger partial charge in [-0.15, -0.1) is 0 Å². The van der Waals surface area contributed by atoms with Gasteiger partial charge in [0.15, 0.2) is 11.6 Å². The topological polar surface area (TPSA) is 36.9 Å². The molecule has 0 amide bonds. The summed E-state index contributed by atoms with van der Waals surface area (Å²) in [7, 11) is 0. The molecule has 8 fully saturated rings. The Kier molecular flexibility index (Phi) is 2.10. The van der Waals surface area contributed by atoms with Crippen LogP contribution in [0.15, 0.2) is 0 Å². The summed E-state index contributed by atoms with van der Waals surface area (Å²) in [6.45, 7) is 5.30. The summed E-state index contributed by atoms with van der Waals surface area (Å²) >= 11 is 4.19. The third-order valence-corrected chi connectivity index (χ3v) is 10.5. The van der Waals surface area contributed by atoms with Crippen molar-refractivity contribution >= 4 is 15.9 Å². The third-order valence-electron chi connectivity index (χ3n) is 8.92. The van der Waals surface area contributed by atoms with Crippen molar-refractivity contribution in [3.05, 3.63) is 0 Å². The first kappa shape index (κ1) is 13.5. The maximum atomic E-state index is 6.48. The van der Waals surface area contributed by atoms with Gasteiger partial charge >= 0.3 is 0 Å². The maximum Gasteiger partial charge on any atom is 0.187 e. The quantitative estimate of drug-likeness (QED) is 0.702. The molecule has 2 heterocycles. The summed E-state index contributed by atoms with van der Waals surface area (Å²) in [5.41, 5.74) is 0.250. The van der Waals surface area contributed by atoms with E-state index in [1.165, 1.54) is 19.3 Å². The highest BCUT2D eigenvalue weighted by molar-refractivity contribution is 9.10. The highest BCUT2D eigenvalue weighted by atomic mass is 79.9. The summed E-state index contributed by atoms with van der Waals surface area (Å²) in [6, 6.07) is 0. The van der Waals surface area contributed by atoms with E-state index in [1.54, 1.807) is 0 Å². The zero-order valence-electron chi connectivity index (χ0n) is 13.4. The summed E-state index contributed by atoms with van der Waals surface area (Å²) in [4.78, 5) is 0. The van der Waals surface area contributed by atoms with Gasteiger partial charge in [0.05, 0.1) is 30.8 Å². The number of unbranched alkanes of at least 4 members (excludes halogenated alkanes) is 1. The van der Waals surface area contributed by atoms with Crippen molar-refractivity contribution in [1.29, 1.82) is 0 Å². The van der Waals surface area contributed by atoms with Crippen LogP contribution >= 0.6 is 15.9 Å². The van der Waals surface area contributed by atoms with Gasteiger partial charge < -0.3 is 18.9 Å². The van der Waals surface area contributed by atoms with Gasteiger partial charge in [0.2, 0.25) is 0 Å². The van der Waals surface area contributed by atoms with Crippen LogP contribution in [0.3, 0.4) is 0 Å². The van der Waals surface area contributed by atoms with E-state index in [0.29, 0.717) is 23.7 Å². The molecule has 6 saturated carbocycles. The molecule has 6 aliphatic carbocycles. The predicted molar refractivity (Wildman–Crippen MR) is 83.8 cm³/mol. The number of ether oxygens (including phenoxy) is 4. The molecule has 8 atom stereocenters. The smallest absolute Gasteiger partial charge is 0.187 e. The van der Waals surface area contributed by atoms with Crippen LogP contribution in [0.4, 0.5) is 0 Å². The molecule has 5 heteroatoms. The SMILES string of the molecule is CCCC[C@]12[C@H]3[C@H]4[C@H]([C@@H]5[C@@H]1[C@@H]3[C@@]4(Br)C51OCCO1)C21OCCO1. The van der Waals surface area contributed by atoms with Gasteiger partial charge in [0.1, 0.15) is 0 Å². The molecule has 2 spiro atoms. The lowest BCUT2D eigenvalue weighted by Gasteiger charge is -2.72. The van der Waals surface area contributed by atoms with Crippen LogP contribution in [0.2, 0.25) is 0 Å². The molecule has 126 valence electrons. The number of hydrogen-bond donors (Lipinski definition) is 0. The molecule has 0 unspecified atom stereocenters. The predicted octanol–water partition coefficient (Wildman–Crippen LogP) is 2.55. The fourth-order valence-electron chi connectivity index (χ4n) is 9.02. The zero-order chi connectivity index (χ0) is 15.2. The molecule has 4 nitrogen and oxygen atoms in total. The molecule has 8 rings (SSSR count). The lowest BCUT2D eigenvalue weighted by atomic mass is 9.34. The number of rotatable bonds is 3. The van der Waals surface area contributed by atoms with E-state index < -0.39 is 0 Å². The van der Waals surface area contributed by atoms with E-state index in [0.717, 1.165) is 38.3 Å². The monoisotopic (exact) mass is 382 g/mol. The Bertz CT molecular complexity index is 612. The molecule has 0 aromatic carbocycles. The van der Waals surface area contributed by atoms with Crippen LogP contribution in [0.25, 0.3) is 0 Å². The molecule has 0 aromatic heterocycles. The highest BCUT2D eigenvalue weighted by Gasteiger charge is 3.07. The molecular weight excluding hydrogens is 360 g/mol. The van der Waals surface area contributed by atoms with Crippen LogP contribution in [0.1, 0.15) is 26.2 Å². The number of hydrogen-bond acceptors (Lipinski definition) is 4. The Morgan fingerprint density at radius 1 is 0.783 bits per heavy atom. The second kappa shape index (κ2) is 3.57. The maximum absolute atomic E-state index is 6.48. The summed E-state index contributed by atoms with van der Waals surface area (Å²) < 4.78 is 25.7. The molecule has 4 bridgehead atoms. The van der Waals surface area contributed by atoms with Crippen LogP contribution in [0.5, 0.6) is 0 Å². The van der Waals surface area contributed by atoms with Crippen LogP contribution in [0, 0.1) is 40.9 Å². The van der Waals surface area contributed by atoms with Crippen LogP contribution in [-0.2, 0) is 18.9 Å². The van der Waals surface area contributed by atoms with E-state index in [9.17, 15) is 0 Å². The molecule has 0 N–H and O–H groups in total. The van der Waals surface area contributed by atoms with Gasteiger partial charge in [0.25, 0.3) is 0 Å². The van der Waals surface area contributed by atoms with Gasteiger partial charge in [0, 0.05) is 17.3 Å². The largest absolute Gasteiger partial charge is 0.347 e. The van der Waals surface area contributed by atoms with E-state index in [2.05, 4.69) is 22.9 Å². The minimum atomic E-state index is -0.388. The van der Waals surface area contributed by atoms with Crippen molar-refractivity contribution in [3.8, 4) is 0 Å². The first-order valence-corrected chi connectivity index (χ1v) is 10.2. The minimum Gasteiger partial charge on any atom is -0.347 e. The Morgan fingerprint density at radius 2 is 1.30 bits per heavy atom.